The van der Waals surface area contributed by atoms with E-state index in [-0.39, 0.29) is 5.60 Å². The molecule has 16 heavy (non-hydrogen) atoms. The Morgan fingerprint density at radius 1 is 1.62 bits per heavy atom. The molecule has 1 fully saturated rings. The minimum atomic E-state index is -0.0357. The summed E-state index contributed by atoms with van der Waals surface area (Å²) >= 11 is 3.51. The van der Waals surface area contributed by atoms with Crippen LogP contribution in [0.5, 0.6) is 0 Å². The third-order valence-corrected chi connectivity index (χ3v) is 3.51. The average molecular weight is 285 g/mol. The van der Waals surface area contributed by atoms with Crippen molar-refractivity contribution in [1.29, 1.82) is 0 Å². The molecule has 1 unspecified atom stereocenters. The van der Waals surface area contributed by atoms with E-state index < -0.39 is 0 Å². The fourth-order valence-corrected chi connectivity index (χ4v) is 2.51. The Morgan fingerprint density at radius 2 is 2.44 bits per heavy atom. The molecular weight excluding hydrogens is 268 g/mol. The van der Waals surface area contributed by atoms with Crippen molar-refractivity contribution in [3.63, 3.8) is 0 Å². The second-order valence-corrected chi connectivity index (χ2v) is 5.45. The molecule has 1 saturated heterocycles. The minimum Gasteiger partial charge on any atom is -0.373 e. The number of ether oxygens (including phenoxy) is 1. The molecule has 1 aromatic rings. The van der Waals surface area contributed by atoms with Gasteiger partial charge in [0.25, 0.3) is 0 Å². The molecule has 1 aliphatic rings. The summed E-state index contributed by atoms with van der Waals surface area (Å²) in [5, 5.41) is 3.34. The van der Waals surface area contributed by atoms with Crippen LogP contribution < -0.4 is 5.32 Å². The van der Waals surface area contributed by atoms with Gasteiger partial charge in [-0.3, -0.25) is 0 Å². The third kappa shape index (κ3) is 2.74. The number of nitrogens with zero attached hydrogens (tertiary/aromatic N) is 1. The number of halogens is 1. The quantitative estimate of drug-likeness (QED) is 0.926. The highest BCUT2D eigenvalue weighted by Crippen LogP contribution is 2.27. The van der Waals surface area contributed by atoms with Gasteiger partial charge in [-0.1, -0.05) is 0 Å². The van der Waals surface area contributed by atoms with Gasteiger partial charge in [0.1, 0.15) is 5.82 Å². The summed E-state index contributed by atoms with van der Waals surface area (Å²) in [7, 11) is 0. The van der Waals surface area contributed by atoms with Crippen molar-refractivity contribution in [2.45, 2.75) is 32.3 Å². The molecule has 0 amide bonds. The monoisotopic (exact) mass is 284 g/mol. The summed E-state index contributed by atoms with van der Waals surface area (Å²) in [5.74, 6) is 0.891. The van der Waals surface area contributed by atoms with Crippen LogP contribution >= 0.6 is 15.9 Å². The summed E-state index contributed by atoms with van der Waals surface area (Å²) in [4.78, 5) is 4.36. The Kier molecular flexibility index (Phi) is 3.50. The predicted octanol–water partition coefficient (Wildman–Crippen LogP) is 3.13. The van der Waals surface area contributed by atoms with E-state index in [1.807, 2.05) is 13.1 Å². The Hall–Kier alpha value is -0.610. The summed E-state index contributed by atoms with van der Waals surface area (Å²) in [6.07, 6.45) is 4.13. The lowest BCUT2D eigenvalue weighted by Crippen LogP contribution is -2.32. The number of hydrogen-bond acceptors (Lipinski definition) is 3. The van der Waals surface area contributed by atoms with Crippen molar-refractivity contribution in [2.24, 2.45) is 0 Å². The van der Waals surface area contributed by atoms with Gasteiger partial charge in [0.05, 0.1) is 10.1 Å². The molecule has 0 aromatic carbocycles. The van der Waals surface area contributed by atoms with Gasteiger partial charge in [-0.05, 0) is 54.2 Å². The molecule has 0 aliphatic carbocycles. The zero-order chi connectivity index (χ0) is 11.6. The van der Waals surface area contributed by atoms with Crippen molar-refractivity contribution >= 4 is 21.7 Å². The summed E-state index contributed by atoms with van der Waals surface area (Å²) < 4.78 is 6.73. The maximum absolute atomic E-state index is 5.72. The van der Waals surface area contributed by atoms with Gasteiger partial charge in [-0.25, -0.2) is 4.98 Å². The van der Waals surface area contributed by atoms with Crippen LogP contribution in [-0.2, 0) is 4.74 Å². The van der Waals surface area contributed by atoms with Gasteiger partial charge in [0, 0.05) is 19.3 Å². The van der Waals surface area contributed by atoms with E-state index in [1.54, 1.807) is 0 Å². The van der Waals surface area contributed by atoms with E-state index in [0.717, 1.165) is 41.8 Å². The highest BCUT2D eigenvalue weighted by molar-refractivity contribution is 9.10. The zero-order valence-corrected chi connectivity index (χ0v) is 11.3. The Labute approximate surface area is 105 Å². The first-order chi connectivity index (χ1) is 7.59. The van der Waals surface area contributed by atoms with Crippen LogP contribution in [0.15, 0.2) is 16.7 Å². The lowest BCUT2D eigenvalue weighted by atomic mass is 10.0. The van der Waals surface area contributed by atoms with Crippen molar-refractivity contribution in [3.05, 3.63) is 22.3 Å². The van der Waals surface area contributed by atoms with Gasteiger partial charge in [0.15, 0.2) is 0 Å². The minimum absolute atomic E-state index is 0.0357. The normalized spacial score (nSPS) is 24.7. The molecule has 1 N–H and O–H groups in total. The van der Waals surface area contributed by atoms with Crippen LogP contribution in [0.1, 0.15) is 25.3 Å². The number of pyridine rings is 1. The molecule has 1 aliphatic heterocycles. The van der Waals surface area contributed by atoms with Crippen molar-refractivity contribution in [3.8, 4) is 0 Å². The summed E-state index contributed by atoms with van der Waals surface area (Å²) in [6.45, 7) is 5.86. The van der Waals surface area contributed by atoms with Crippen LogP contribution in [0, 0.1) is 6.92 Å². The Morgan fingerprint density at radius 3 is 3.06 bits per heavy atom. The average Bonchev–Trinajstić information content (AvgIpc) is 2.64. The number of nitrogens with one attached hydrogen (secondary N) is 1. The molecule has 1 atom stereocenters. The third-order valence-electron chi connectivity index (χ3n) is 2.91. The predicted molar refractivity (Wildman–Crippen MR) is 68.8 cm³/mol. The lowest BCUT2D eigenvalue weighted by Gasteiger charge is -2.24. The molecule has 0 spiro atoms. The first-order valence-corrected chi connectivity index (χ1v) is 6.38. The summed E-state index contributed by atoms with van der Waals surface area (Å²) in [5.41, 5.74) is 1.12. The van der Waals surface area contributed by atoms with Crippen LogP contribution in [0.2, 0.25) is 0 Å². The first-order valence-electron chi connectivity index (χ1n) is 5.59. The van der Waals surface area contributed by atoms with Gasteiger partial charge in [-0.15, -0.1) is 0 Å². The summed E-state index contributed by atoms with van der Waals surface area (Å²) in [6, 6.07) is 2.06. The van der Waals surface area contributed by atoms with E-state index in [2.05, 4.69) is 39.2 Å². The van der Waals surface area contributed by atoms with E-state index >= 15 is 0 Å². The fourth-order valence-electron chi connectivity index (χ4n) is 1.91. The standard InChI is InChI=1S/C12H17BrN2O/c1-9-6-10(13)11(14-7-9)15-8-12(2)4-3-5-16-12/h6-7H,3-5,8H2,1-2H3,(H,14,15). The largest absolute Gasteiger partial charge is 0.373 e. The molecular formula is C12H17BrN2O. The number of anilines is 1. The number of aryl methyl sites for hydroxylation is 1. The maximum Gasteiger partial charge on any atom is 0.140 e. The second-order valence-electron chi connectivity index (χ2n) is 4.60. The smallest absolute Gasteiger partial charge is 0.140 e. The topological polar surface area (TPSA) is 34.2 Å². The van der Waals surface area contributed by atoms with Crippen LogP contribution in [0.3, 0.4) is 0 Å². The maximum atomic E-state index is 5.72. The SMILES string of the molecule is Cc1cnc(NCC2(C)CCCO2)c(Br)c1. The molecule has 0 radical (unpaired) electrons. The molecule has 0 bridgehead atoms. The van der Waals surface area contributed by atoms with E-state index in [1.165, 1.54) is 0 Å². The molecule has 2 rings (SSSR count). The van der Waals surface area contributed by atoms with Crippen LogP contribution in [0.4, 0.5) is 5.82 Å². The van der Waals surface area contributed by atoms with Gasteiger partial charge >= 0.3 is 0 Å². The van der Waals surface area contributed by atoms with E-state index in [4.69, 9.17) is 4.74 Å². The fraction of sp³-hybridized carbons (Fsp3) is 0.583. The lowest BCUT2D eigenvalue weighted by molar-refractivity contribution is 0.0314. The highest BCUT2D eigenvalue weighted by Gasteiger charge is 2.29. The van der Waals surface area contributed by atoms with Gasteiger partial charge < -0.3 is 10.1 Å². The number of rotatable bonds is 3. The highest BCUT2D eigenvalue weighted by atomic mass is 79.9. The second kappa shape index (κ2) is 4.72. The van der Waals surface area contributed by atoms with Gasteiger partial charge in [-0.2, -0.15) is 0 Å². The Balaban J connectivity index is 1.99. The van der Waals surface area contributed by atoms with Crippen molar-refractivity contribution in [2.75, 3.05) is 18.5 Å². The van der Waals surface area contributed by atoms with Crippen molar-refractivity contribution < 1.29 is 4.74 Å². The molecule has 3 nitrogen and oxygen atoms in total. The Bertz CT molecular complexity index is 375. The molecule has 1 aromatic heterocycles. The molecule has 2 heterocycles. The zero-order valence-electron chi connectivity index (χ0n) is 9.72. The number of aromatic nitrogens is 1. The first kappa shape index (κ1) is 11.9. The van der Waals surface area contributed by atoms with Gasteiger partial charge in [0.2, 0.25) is 0 Å². The molecule has 4 heteroatoms. The van der Waals surface area contributed by atoms with E-state index in [9.17, 15) is 0 Å². The molecule has 0 saturated carbocycles. The van der Waals surface area contributed by atoms with E-state index in [0.29, 0.717) is 0 Å². The van der Waals surface area contributed by atoms with Crippen LogP contribution in [-0.4, -0.2) is 23.7 Å². The molecule has 88 valence electrons. The van der Waals surface area contributed by atoms with Crippen molar-refractivity contribution in [1.82, 2.24) is 4.98 Å². The number of hydrogen-bond donors (Lipinski definition) is 1. The van der Waals surface area contributed by atoms with Crippen LogP contribution in [0.25, 0.3) is 0 Å².